The van der Waals surface area contributed by atoms with E-state index in [1.54, 1.807) is 6.07 Å². The number of fused-ring (bicyclic) bond motifs is 3. The molecular weight excluding hydrogens is 338 g/mol. The molecule has 1 aliphatic heterocycles. The molecule has 4 heteroatoms. The minimum absolute atomic E-state index is 0.283. The van der Waals surface area contributed by atoms with Gasteiger partial charge in [0.2, 0.25) is 0 Å². The Kier molecular flexibility index (Phi) is 4.99. The van der Waals surface area contributed by atoms with E-state index in [0.29, 0.717) is 18.2 Å². The Morgan fingerprint density at radius 3 is 2.74 bits per heavy atom. The SMILES string of the molecule is CCCc1cc(=O)oc2c3c(ccc12)OCN(CC(C)c1ccccc1)C3. The molecule has 2 heterocycles. The highest BCUT2D eigenvalue weighted by Crippen LogP contribution is 2.34. The van der Waals surface area contributed by atoms with Crippen LogP contribution in [0.5, 0.6) is 5.75 Å². The van der Waals surface area contributed by atoms with Gasteiger partial charge in [0.15, 0.2) is 0 Å². The Bertz CT molecular complexity index is 994. The van der Waals surface area contributed by atoms with Gasteiger partial charge in [-0.25, -0.2) is 4.79 Å². The van der Waals surface area contributed by atoms with E-state index < -0.39 is 0 Å². The summed E-state index contributed by atoms with van der Waals surface area (Å²) in [6.45, 7) is 6.51. The second-order valence-electron chi connectivity index (χ2n) is 7.36. The highest BCUT2D eigenvalue weighted by atomic mass is 16.5. The predicted octanol–water partition coefficient (Wildman–Crippen LogP) is 4.70. The minimum Gasteiger partial charge on any atom is -0.478 e. The molecule has 0 radical (unpaired) electrons. The molecule has 3 aromatic rings. The quantitative estimate of drug-likeness (QED) is 0.616. The average Bonchev–Trinajstić information content (AvgIpc) is 2.68. The Morgan fingerprint density at radius 2 is 1.96 bits per heavy atom. The topological polar surface area (TPSA) is 42.7 Å². The van der Waals surface area contributed by atoms with Crippen molar-refractivity contribution in [3.8, 4) is 5.75 Å². The van der Waals surface area contributed by atoms with Crippen molar-refractivity contribution in [2.45, 2.75) is 39.2 Å². The second kappa shape index (κ2) is 7.57. The molecule has 27 heavy (non-hydrogen) atoms. The summed E-state index contributed by atoms with van der Waals surface area (Å²) in [6.07, 6.45) is 1.86. The second-order valence-corrected chi connectivity index (χ2v) is 7.36. The molecule has 4 rings (SSSR count). The van der Waals surface area contributed by atoms with Crippen LogP contribution in [-0.4, -0.2) is 18.2 Å². The molecule has 1 aromatic heterocycles. The standard InChI is InChI=1S/C23H25NO3/c1-3-7-18-12-22(25)27-23-19(18)10-11-21-20(23)14-24(15-26-21)13-16(2)17-8-5-4-6-9-17/h4-6,8-12,16H,3,7,13-15H2,1-2H3. The van der Waals surface area contributed by atoms with E-state index in [1.165, 1.54) is 5.56 Å². The van der Waals surface area contributed by atoms with Crippen LogP contribution in [0.2, 0.25) is 0 Å². The van der Waals surface area contributed by atoms with Crippen LogP contribution in [0.4, 0.5) is 0 Å². The first-order chi connectivity index (χ1) is 13.2. The van der Waals surface area contributed by atoms with Crippen LogP contribution in [0.15, 0.2) is 57.7 Å². The predicted molar refractivity (Wildman–Crippen MR) is 107 cm³/mol. The van der Waals surface area contributed by atoms with E-state index in [4.69, 9.17) is 9.15 Å². The number of ether oxygens (including phenoxy) is 1. The van der Waals surface area contributed by atoms with Gasteiger partial charge < -0.3 is 9.15 Å². The highest BCUT2D eigenvalue weighted by Gasteiger charge is 2.23. The lowest BCUT2D eigenvalue weighted by atomic mass is 9.99. The number of rotatable bonds is 5. The number of hydrogen-bond donors (Lipinski definition) is 0. The first-order valence-electron chi connectivity index (χ1n) is 9.64. The molecule has 0 fully saturated rings. The lowest BCUT2D eigenvalue weighted by Crippen LogP contribution is -2.34. The molecule has 0 bridgehead atoms. The van der Waals surface area contributed by atoms with Gasteiger partial charge in [0.25, 0.3) is 0 Å². The van der Waals surface area contributed by atoms with Crippen LogP contribution >= 0.6 is 0 Å². The summed E-state index contributed by atoms with van der Waals surface area (Å²) in [5, 5.41) is 1.02. The number of aryl methyl sites for hydroxylation is 1. The van der Waals surface area contributed by atoms with Gasteiger partial charge in [-0.3, -0.25) is 4.90 Å². The molecule has 0 saturated heterocycles. The van der Waals surface area contributed by atoms with Crippen molar-refractivity contribution in [2.24, 2.45) is 0 Å². The van der Waals surface area contributed by atoms with Gasteiger partial charge in [0.1, 0.15) is 18.1 Å². The van der Waals surface area contributed by atoms with Gasteiger partial charge in [-0.1, -0.05) is 50.6 Å². The largest absolute Gasteiger partial charge is 0.478 e. The smallest absolute Gasteiger partial charge is 0.336 e. The Hall–Kier alpha value is -2.59. The summed E-state index contributed by atoms with van der Waals surface area (Å²) in [6, 6.07) is 16.2. The molecular formula is C23H25NO3. The van der Waals surface area contributed by atoms with Crippen LogP contribution in [0, 0.1) is 0 Å². The van der Waals surface area contributed by atoms with Crippen molar-refractivity contribution in [1.29, 1.82) is 0 Å². The fraction of sp³-hybridized carbons (Fsp3) is 0.348. The maximum absolute atomic E-state index is 12.1. The molecule has 2 aromatic carbocycles. The summed E-state index contributed by atoms with van der Waals surface area (Å²) >= 11 is 0. The zero-order chi connectivity index (χ0) is 18.8. The number of nitrogens with zero attached hydrogens (tertiary/aromatic N) is 1. The third kappa shape index (κ3) is 3.62. The third-order valence-corrected chi connectivity index (χ3v) is 5.26. The zero-order valence-electron chi connectivity index (χ0n) is 15.9. The molecule has 140 valence electrons. The molecule has 1 atom stereocenters. The van der Waals surface area contributed by atoms with Crippen LogP contribution < -0.4 is 10.4 Å². The lowest BCUT2D eigenvalue weighted by Gasteiger charge is -2.31. The Labute approximate surface area is 159 Å². The molecule has 1 unspecified atom stereocenters. The molecule has 0 spiro atoms. The van der Waals surface area contributed by atoms with E-state index in [2.05, 4.69) is 43.0 Å². The van der Waals surface area contributed by atoms with Gasteiger partial charge in [0.05, 0.1) is 5.56 Å². The summed E-state index contributed by atoms with van der Waals surface area (Å²) in [7, 11) is 0. The third-order valence-electron chi connectivity index (χ3n) is 5.26. The van der Waals surface area contributed by atoms with E-state index in [-0.39, 0.29) is 5.63 Å². The van der Waals surface area contributed by atoms with E-state index in [9.17, 15) is 4.79 Å². The zero-order valence-corrected chi connectivity index (χ0v) is 15.9. The van der Waals surface area contributed by atoms with Crippen molar-refractivity contribution in [3.05, 3.63) is 75.6 Å². The summed E-state index contributed by atoms with van der Waals surface area (Å²) in [4.78, 5) is 14.4. The molecule has 4 nitrogen and oxygen atoms in total. The van der Waals surface area contributed by atoms with Crippen molar-refractivity contribution in [2.75, 3.05) is 13.3 Å². The maximum atomic E-state index is 12.1. The van der Waals surface area contributed by atoms with Crippen LogP contribution in [0.25, 0.3) is 11.0 Å². The maximum Gasteiger partial charge on any atom is 0.336 e. The first kappa shape index (κ1) is 17.8. The number of hydrogen-bond acceptors (Lipinski definition) is 4. The van der Waals surface area contributed by atoms with E-state index in [0.717, 1.165) is 48.2 Å². The molecule has 1 aliphatic rings. The molecule has 0 saturated carbocycles. The van der Waals surface area contributed by atoms with Crippen molar-refractivity contribution < 1.29 is 9.15 Å². The Balaban J connectivity index is 1.65. The fourth-order valence-corrected chi connectivity index (χ4v) is 3.91. The normalized spacial score (nSPS) is 15.3. The lowest BCUT2D eigenvalue weighted by molar-refractivity contribution is 0.0909. The van der Waals surface area contributed by atoms with Gasteiger partial charge >= 0.3 is 5.63 Å². The first-order valence-corrected chi connectivity index (χ1v) is 9.64. The van der Waals surface area contributed by atoms with E-state index >= 15 is 0 Å². The van der Waals surface area contributed by atoms with Crippen molar-refractivity contribution in [3.63, 3.8) is 0 Å². The minimum atomic E-state index is -0.283. The van der Waals surface area contributed by atoms with Crippen molar-refractivity contribution in [1.82, 2.24) is 4.90 Å². The fourth-order valence-electron chi connectivity index (χ4n) is 3.91. The summed E-state index contributed by atoms with van der Waals surface area (Å²) in [5.74, 6) is 1.22. The monoisotopic (exact) mass is 363 g/mol. The highest BCUT2D eigenvalue weighted by molar-refractivity contribution is 5.85. The molecule has 0 amide bonds. The summed E-state index contributed by atoms with van der Waals surface area (Å²) in [5.41, 5.74) is 3.75. The average molecular weight is 363 g/mol. The summed E-state index contributed by atoms with van der Waals surface area (Å²) < 4.78 is 11.6. The molecule has 0 N–H and O–H groups in total. The van der Waals surface area contributed by atoms with Gasteiger partial charge in [-0.15, -0.1) is 0 Å². The van der Waals surface area contributed by atoms with E-state index in [1.807, 2.05) is 18.2 Å². The molecule has 0 aliphatic carbocycles. The van der Waals surface area contributed by atoms with Gasteiger partial charge in [-0.05, 0) is 35.6 Å². The van der Waals surface area contributed by atoms with Crippen LogP contribution in [-0.2, 0) is 13.0 Å². The van der Waals surface area contributed by atoms with Crippen LogP contribution in [0.1, 0.15) is 42.9 Å². The Morgan fingerprint density at radius 1 is 1.15 bits per heavy atom. The van der Waals surface area contributed by atoms with Gasteiger partial charge in [-0.2, -0.15) is 0 Å². The van der Waals surface area contributed by atoms with Gasteiger partial charge in [0, 0.05) is 24.5 Å². The van der Waals surface area contributed by atoms with Crippen molar-refractivity contribution >= 4 is 11.0 Å². The number of benzene rings is 2. The van der Waals surface area contributed by atoms with Crippen LogP contribution in [0.3, 0.4) is 0 Å².